The SMILES string of the molecule is COc1cccc(C(O)CN2CCN(CC3CC3)CC2)c1. The lowest BCUT2D eigenvalue weighted by molar-refractivity contribution is 0.0709. The fraction of sp³-hybridized carbons (Fsp3) is 0.647. The number of ether oxygens (including phenoxy) is 1. The third-order valence-corrected chi connectivity index (χ3v) is 4.59. The van der Waals surface area contributed by atoms with Crippen molar-refractivity contribution in [1.82, 2.24) is 9.80 Å². The Kier molecular flexibility index (Phi) is 4.78. The fourth-order valence-corrected chi connectivity index (χ4v) is 3.02. The Balaban J connectivity index is 1.47. The van der Waals surface area contributed by atoms with Crippen LogP contribution in [0, 0.1) is 5.92 Å². The molecule has 2 aliphatic rings. The number of rotatable bonds is 6. The first-order valence-corrected chi connectivity index (χ1v) is 8.01. The van der Waals surface area contributed by atoms with Gasteiger partial charge >= 0.3 is 0 Å². The third-order valence-electron chi connectivity index (χ3n) is 4.59. The second-order valence-electron chi connectivity index (χ2n) is 6.34. The van der Waals surface area contributed by atoms with Gasteiger partial charge in [-0.25, -0.2) is 0 Å². The van der Waals surface area contributed by atoms with Gasteiger partial charge in [-0.1, -0.05) is 12.1 Å². The summed E-state index contributed by atoms with van der Waals surface area (Å²) in [6, 6.07) is 7.74. The molecule has 0 radical (unpaired) electrons. The van der Waals surface area contributed by atoms with Crippen LogP contribution in [0.2, 0.25) is 0 Å². The summed E-state index contributed by atoms with van der Waals surface area (Å²) in [6.45, 7) is 6.40. The molecule has 0 aromatic heterocycles. The van der Waals surface area contributed by atoms with Crippen molar-refractivity contribution in [2.24, 2.45) is 5.92 Å². The number of β-amino-alcohol motifs (C(OH)–C–C–N with tert-alkyl or cyclic N) is 1. The summed E-state index contributed by atoms with van der Waals surface area (Å²) in [5, 5.41) is 10.4. The van der Waals surface area contributed by atoms with E-state index in [1.807, 2.05) is 24.3 Å². The van der Waals surface area contributed by atoms with Crippen LogP contribution >= 0.6 is 0 Å². The van der Waals surface area contributed by atoms with Gasteiger partial charge in [0.05, 0.1) is 13.2 Å². The molecule has 1 aromatic rings. The number of methoxy groups -OCH3 is 1. The summed E-state index contributed by atoms with van der Waals surface area (Å²) in [5.74, 6) is 1.78. The van der Waals surface area contributed by atoms with E-state index >= 15 is 0 Å². The predicted octanol–water partition coefficient (Wildman–Crippen LogP) is 1.76. The fourth-order valence-electron chi connectivity index (χ4n) is 3.02. The minimum Gasteiger partial charge on any atom is -0.497 e. The second-order valence-corrected chi connectivity index (χ2v) is 6.34. The van der Waals surface area contributed by atoms with Gasteiger partial charge in [-0.2, -0.15) is 0 Å². The molecule has 4 nitrogen and oxygen atoms in total. The summed E-state index contributed by atoms with van der Waals surface area (Å²) in [6.07, 6.45) is 2.42. The maximum Gasteiger partial charge on any atom is 0.119 e. The van der Waals surface area contributed by atoms with Crippen LogP contribution in [0.25, 0.3) is 0 Å². The average Bonchev–Trinajstić information content (AvgIpc) is 3.33. The van der Waals surface area contributed by atoms with Crippen LogP contribution in [0.1, 0.15) is 24.5 Å². The summed E-state index contributed by atoms with van der Waals surface area (Å²) >= 11 is 0. The van der Waals surface area contributed by atoms with Gasteiger partial charge in [0.1, 0.15) is 5.75 Å². The Hall–Kier alpha value is -1.10. The van der Waals surface area contributed by atoms with Gasteiger partial charge in [-0.05, 0) is 36.5 Å². The molecule has 1 atom stereocenters. The maximum absolute atomic E-state index is 10.4. The molecule has 1 saturated heterocycles. The van der Waals surface area contributed by atoms with Crippen molar-refractivity contribution in [3.05, 3.63) is 29.8 Å². The lowest BCUT2D eigenvalue weighted by Crippen LogP contribution is -2.47. The molecular formula is C17H26N2O2. The van der Waals surface area contributed by atoms with E-state index in [1.54, 1.807) is 7.11 Å². The van der Waals surface area contributed by atoms with Crippen LogP contribution in [0.15, 0.2) is 24.3 Å². The van der Waals surface area contributed by atoms with Gasteiger partial charge in [-0.3, -0.25) is 4.90 Å². The highest BCUT2D eigenvalue weighted by molar-refractivity contribution is 5.29. The van der Waals surface area contributed by atoms with Crippen molar-refractivity contribution < 1.29 is 9.84 Å². The van der Waals surface area contributed by atoms with Crippen LogP contribution in [0.5, 0.6) is 5.75 Å². The topological polar surface area (TPSA) is 35.9 Å². The van der Waals surface area contributed by atoms with Gasteiger partial charge in [0, 0.05) is 39.3 Å². The Labute approximate surface area is 127 Å². The van der Waals surface area contributed by atoms with Crippen molar-refractivity contribution in [2.75, 3.05) is 46.4 Å². The number of aliphatic hydroxyl groups excluding tert-OH is 1. The van der Waals surface area contributed by atoms with E-state index < -0.39 is 6.10 Å². The zero-order chi connectivity index (χ0) is 14.7. The van der Waals surface area contributed by atoms with E-state index in [4.69, 9.17) is 4.74 Å². The molecule has 0 spiro atoms. The molecule has 0 bridgehead atoms. The molecule has 1 aliphatic carbocycles. The van der Waals surface area contributed by atoms with Gasteiger partial charge in [0.25, 0.3) is 0 Å². The number of nitrogens with zero attached hydrogens (tertiary/aromatic N) is 2. The normalized spacial score (nSPS) is 22.2. The van der Waals surface area contributed by atoms with Crippen molar-refractivity contribution in [3.8, 4) is 5.75 Å². The highest BCUT2D eigenvalue weighted by Gasteiger charge is 2.26. The lowest BCUT2D eigenvalue weighted by Gasteiger charge is -2.35. The van der Waals surface area contributed by atoms with Crippen molar-refractivity contribution in [1.29, 1.82) is 0 Å². The number of benzene rings is 1. The molecule has 21 heavy (non-hydrogen) atoms. The molecule has 1 unspecified atom stereocenters. The molecule has 1 aliphatic heterocycles. The van der Waals surface area contributed by atoms with E-state index in [9.17, 15) is 5.11 Å². The molecule has 1 aromatic carbocycles. The quantitative estimate of drug-likeness (QED) is 0.866. The average molecular weight is 290 g/mol. The van der Waals surface area contributed by atoms with E-state index in [-0.39, 0.29) is 0 Å². The Morgan fingerprint density at radius 3 is 2.57 bits per heavy atom. The largest absolute Gasteiger partial charge is 0.497 e. The lowest BCUT2D eigenvalue weighted by atomic mass is 10.1. The molecule has 2 fully saturated rings. The maximum atomic E-state index is 10.4. The van der Waals surface area contributed by atoms with Crippen LogP contribution in [-0.2, 0) is 0 Å². The van der Waals surface area contributed by atoms with Crippen LogP contribution in [-0.4, -0.2) is 61.3 Å². The van der Waals surface area contributed by atoms with Crippen LogP contribution < -0.4 is 4.74 Å². The first kappa shape index (κ1) is 14.8. The third kappa shape index (κ3) is 4.19. The first-order chi connectivity index (χ1) is 10.2. The highest BCUT2D eigenvalue weighted by atomic mass is 16.5. The zero-order valence-electron chi connectivity index (χ0n) is 12.9. The predicted molar refractivity (Wildman–Crippen MR) is 83.6 cm³/mol. The molecule has 1 heterocycles. The van der Waals surface area contributed by atoms with Crippen LogP contribution in [0.3, 0.4) is 0 Å². The standard InChI is InChI=1S/C17H26N2O2/c1-21-16-4-2-3-15(11-16)17(20)13-19-9-7-18(8-10-19)12-14-5-6-14/h2-4,11,14,17,20H,5-10,12-13H2,1H3. The van der Waals surface area contributed by atoms with Gasteiger partial charge in [0.15, 0.2) is 0 Å². The van der Waals surface area contributed by atoms with E-state index in [2.05, 4.69) is 9.80 Å². The first-order valence-electron chi connectivity index (χ1n) is 8.01. The van der Waals surface area contributed by atoms with Crippen LogP contribution in [0.4, 0.5) is 0 Å². The number of aliphatic hydroxyl groups is 1. The summed E-state index contributed by atoms with van der Waals surface area (Å²) in [5.41, 5.74) is 0.940. The zero-order valence-corrected chi connectivity index (χ0v) is 12.9. The summed E-state index contributed by atoms with van der Waals surface area (Å²) in [4.78, 5) is 4.94. The van der Waals surface area contributed by atoms with Gasteiger partial charge in [-0.15, -0.1) is 0 Å². The number of hydrogen-bond acceptors (Lipinski definition) is 4. The summed E-state index contributed by atoms with van der Waals surface area (Å²) < 4.78 is 5.22. The molecular weight excluding hydrogens is 264 g/mol. The van der Waals surface area contributed by atoms with E-state index in [0.717, 1.165) is 43.4 Å². The molecule has 116 valence electrons. The molecule has 1 N–H and O–H groups in total. The number of hydrogen-bond donors (Lipinski definition) is 1. The summed E-state index contributed by atoms with van der Waals surface area (Å²) in [7, 11) is 1.66. The monoisotopic (exact) mass is 290 g/mol. The van der Waals surface area contributed by atoms with E-state index in [0.29, 0.717) is 6.54 Å². The van der Waals surface area contributed by atoms with Gasteiger partial charge < -0.3 is 14.7 Å². The van der Waals surface area contributed by atoms with Crippen molar-refractivity contribution in [3.63, 3.8) is 0 Å². The Morgan fingerprint density at radius 1 is 1.19 bits per heavy atom. The minimum atomic E-state index is -0.435. The molecule has 3 rings (SSSR count). The van der Waals surface area contributed by atoms with Crippen molar-refractivity contribution in [2.45, 2.75) is 18.9 Å². The molecule has 1 saturated carbocycles. The Morgan fingerprint density at radius 2 is 1.90 bits per heavy atom. The van der Waals surface area contributed by atoms with Gasteiger partial charge in [0.2, 0.25) is 0 Å². The van der Waals surface area contributed by atoms with Crippen molar-refractivity contribution >= 4 is 0 Å². The smallest absolute Gasteiger partial charge is 0.119 e. The highest BCUT2D eigenvalue weighted by Crippen LogP contribution is 2.30. The molecule has 4 heteroatoms. The molecule has 0 amide bonds. The minimum absolute atomic E-state index is 0.435. The second kappa shape index (κ2) is 6.77. The number of piperazine rings is 1. The Bertz CT molecular complexity index is 454. The van der Waals surface area contributed by atoms with E-state index in [1.165, 1.54) is 19.4 Å².